The van der Waals surface area contributed by atoms with Crippen LogP contribution in [0, 0.1) is 5.92 Å². The van der Waals surface area contributed by atoms with Crippen LogP contribution in [0.25, 0.3) is 0 Å². The predicted octanol–water partition coefficient (Wildman–Crippen LogP) is 1.50. The summed E-state index contributed by atoms with van der Waals surface area (Å²) in [5, 5.41) is 5.99. The van der Waals surface area contributed by atoms with Gasteiger partial charge in [0.05, 0.1) is 11.4 Å². The largest absolute Gasteiger partial charge is 0.316 e. The van der Waals surface area contributed by atoms with Crippen molar-refractivity contribution in [3.8, 4) is 0 Å². The van der Waals surface area contributed by atoms with Crippen LogP contribution in [0.4, 0.5) is 0 Å². The van der Waals surface area contributed by atoms with E-state index in [4.69, 9.17) is 0 Å². The van der Waals surface area contributed by atoms with Gasteiger partial charge in [-0.3, -0.25) is 4.79 Å². The van der Waals surface area contributed by atoms with E-state index >= 15 is 0 Å². The number of thiazole rings is 1. The lowest BCUT2D eigenvalue weighted by Gasteiger charge is -2.09. The Morgan fingerprint density at radius 1 is 1.71 bits per heavy atom. The Balaban J connectivity index is 2.34. The molecule has 0 fully saturated rings. The standard InChI is InChI=1S/C10H16N2OS/c1-3-11-7-8(2)9(13)6-10-12-4-5-14-10/h4-5,8,11H,3,6-7H2,1-2H3. The van der Waals surface area contributed by atoms with Gasteiger partial charge in [0.25, 0.3) is 0 Å². The van der Waals surface area contributed by atoms with Crippen molar-refractivity contribution >= 4 is 17.1 Å². The molecule has 4 heteroatoms. The third kappa shape index (κ3) is 3.55. The van der Waals surface area contributed by atoms with Gasteiger partial charge < -0.3 is 5.32 Å². The van der Waals surface area contributed by atoms with Crippen molar-refractivity contribution in [2.45, 2.75) is 20.3 Å². The Hall–Kier alpha value is -0.740. The third-order valence-electron chi connectivity index (χ3n) is 2.06. The quantitative estimate of drug-likeness (QED) is 0.777. The maximum atomic E-state index is 11.6. The summed E-state index contributed by atoms with van der Waals surface area (Å²) in [5.74, 6) is 0.347. The van der Waals surface area contributed by atoms with E-state index in [1.54, 1.807) is 17.5 Å². The average molecular weight is 212 g/mol. The van der Waals surface area contributed by atoms with Crippen LogP contribution in [0.2, 0.25) is 0 Å². The fourth-order valence-corrected chi connectivity index (χ4v) is 1.76. The summed E-state index contributed by atoms with van der Waals surface area (Å²) in [7, 11) is 0. The monoisotopic (exact) mass is 212 g/mol. The highest BCUT2D eigenvalue weighted by atomic mass is 32.1. The number of carbonyl (C=O) groups excluding carboxylic acids is 1. The van der Waals surface area contributed by atoms with Crippen LogP contribution in [0.5, 0.6) is 0 Å². The lowest BCUT2D eigenvalue weighted by atomic mass is 10.0. The van der Waals surface area contributed by atoms with E-state index in [2.05, 4.69) is 10.3 Å². The molecule has 1 aromatic heterocycles. The van der Waals surface area contributed by atoms with Crippen LogP contribution in [-0.4, -0.2) is 23.9 Å². The maximum absolute atomic E-state index is 11.6. The Bertz CT molecular complexity index is 272. The summed E-state index contributed by atoms with van der Waals surface area (Å²) in [6, 6.07) is 0. The highest BCUT2D eigenvalue weighted by Gasteiger charge is 2.13. The minimum absolute atomic E-state index is 0.0823. The molecule has 0 aliphatic rings. The zero-order chi connectivity index (χ0) is 10.4. The molecule has 14 heavy (non-hydrogen) atoms. The lowest BCUT2D eigenvalue weighted by molar-refractivity contribution is -0.121. The molecule has 0 aliphatic heterocycles. The molecule has 1 rings (SSSR count). The van der Waals surface area contributed by atoms with Gasteiger partial charge in [-0.05, 0) is 6.54 Å². The van der Waals surface area contributed by atoms with Gasteiger partial charge in [-0.15, -0.1) is 11.3 Å². The van der Waals surface area contributed by atoms with Gasteiger partial charge in [-0.2, -0.15) is 0 Å². The van der Waals surface area contributed by atoms with Crippen LogP contribution in [-0.2, 0) is 11.2 Å². The summed E-state index contributed by atoms with van der Waals surface area (Å²) < 4.78 is 0. The molecule has 0 aliphatic carbocycles. The molecule has 0 spiro atoms. The molecule has 1 atom stereocenters. The number of nitrogens with zero attached hydrogens (tertiary/aromatic N) is 1. The Morgan fingerprint density at radius 2 is 2.50 bits per heavy atom. The summed E-state index contributed by atoms with van der Waals surface area (Å²) >= 11 is 1.54. The topological polar surface area (TPSA) is 42.0 Å². The van der Waals surface area contributed by atoms with Crippen LogP contribution < -0.4 is 5.32 Å². The van der Waals surface area contributed by atoms with Gasteiger partial charge in [0.1, 0.15) is 5.78 Å². The van der Waals surface area contributed by atoms with Crippen molar-refractivity contribution in [1.29, 1.82) is 0 Å². The second-order valence-electron chi connectivity index (χ2n) is 3.28. The smallest absolute Gasteiger partial charge is 0.143 e. The van der Waals surface area contributed by atoms with E-state index in [-0.39, 0.29) is 11.7 Å². The van der Waals surface area contributed by atoms with Crippen molar-refractivity contribution in [3.63, 3.8) is 0 Å². The van der Waals surface area contributed by atoms with E-state index in [0.29, 0.717) is 6.42 Å². The Kier molecular flexibility index (Phi) is 4.76. The summed E-state index contributed by atoms with van der Waals surface area (Å²) in [6.45, 7) is 5.67. The molecule has 0 saturated carbocycles. The first-order valence-corrected chi connectivity index (χ1v) is 5.73. The van der Waals surface area contributed by atoms with Crippen LogP contribution in [0.3, 0.4) is 0 Å². The molecule has 1 N–H and O–H groups in total. The SMILES string of the molecule is CCNCC(C)C(=O)Cc1nccs1. The van der Waals surface area contributed by atoms with Gasteiger partial charge in [-0.25, -0.2) is 4.98 Å². The van der Waals surface area contributed by atoms with Gasteiger partial charge >= 0.3 is 0 Å². The Labute approximate surface area is 88.6 Å². The van der Waals surface area contributed by atoms with Gasteiger partial charge in [0, 0.05) is 24.0 Å². The lowest BCUT2D eigenvalue weighted by Crippen LogP contribution is -2.27. The highest BCUT2D eigenvalue weighted by Crippen LogP contribution is 2.08. The number of aromatic nitrogens is 1. The minimum Gasteiger partial charge on any atom is -0.316 e. The molecule has 0 bridgehead atoms. The Morgan fingerprint density at radius 3 is 3.07 bits per heavy atom. The van der Waals surface area contributed by atoms with Gasteiger partial charge in [0.15, 0.2) is 0 Å². The number of ketones is 1. The van der Waals surface area contributed by atoms with E-state index in [9.17, 15) is 4.79 Å². The minimum atomic E-state index is 0.0823. The molecule has 0 amide bonds. The number of Topliss-reactive ketones (excluding diaryl/α,β-unsaturated/α-hetero) is 1. The molecular formula is C10H16N2OS. The van der Waals surface area contributed by atoms with Crippen LogP contribution >= 0.6 is 11.3 Å². The molecule has 1 unspecified atom stereocenters. The first-order chi connectivity index (χ1) is 6.74. The fraction of sp³-hybridized carbons (Fsp3) is 0.600. The summed E-state index contributed by atoms with van der Waals surface area (Å²) in [5.41, 5.74) is 0. The molecule has 3 nitrogen and oxygen atoms in total. The van der Waals surface area contributed by atoms with E-state index < -0.39 is 0 Å². The summed E-state index contributed by atoms with van der Waals surface area (Å²) in [4.78, 5) is 15.7. The fourth-order valence-electron chi connectivity index (χ4n) is 1.14. The molecule has 1 heterocycles. The number of nitrogens with one attached hydrogen (secondary N) is 1. The zero-order valence-electron chi connectivity index (χ0n) is 8.62. The molecule has 1 aromatic rings. The predicted molar refractivity (Wildman–Crippen MR) is 58.5 cm³/mol. The second-order valence-corrected chi connectivity index (χ2v) is 4.26. The molecule has 78 valence electrons. The number of hydrogen-bond acceptors (Lipinski definition) is 4. The second kappa shape index (κ2) is 5.88. The molecule has 0 aromatic carbocycles. The highest BCUT2D eigenvalue weighted by molar-refractivity contribution is 7.09. The number of carbonyl (C=O) groups is 1. The average Bonchev–Trinajstić information content (AvgIpc) is 2.66. The van der Waals surface area contributed by atoms with Gasteiger partial charge in [-0.1, -0.05) is 13.8 Å². The number of rotatable bonds is 6. The van der Waals surface area contributed by atoms with Crippen molar-refractivity contribution in [1.82, 2.24) is 10.3 Å². The van der Waals surface area contributed by atoms with Crippen LogP contribution in [0.15, 0.2) is 11.6 Å². The molecule has 0 saturated heterocycles. The third-order valence-corrected chi connectivity index (χ3v) is 2.84. The van der Waals surface area contributed by atoms with E-state index in [1.165, 1.54) is 0 Å². The van der Waals surface area contributed by atoms with Gasteiger partial charge in [0.2, 0.25) is 0 Å². The van der Waals surface area contributed by atoms with E-state index in [1.807, 2.05) is 19.2 Å². The molecular weight excluding hydrogens is 196 g/mol. The first-order valence-electron chi connectivity index (χ1n) is 4.85. The van der Waals surface area contributed by atoms with Crippen LogP contribution in [0.1, 0.15) is 18.9 Å². The van der Waals surface area contributed by atoms with Crippen molar-refractivity contribution in [2.75, 3.05) is 13.1 Å². The van der Waals surface area contributed by atoms with Crippen molar-refractivity contribution in [3.05, 3.63) is 16.6 Å². The normalized spacial score (nSPS) is 12.7. The first kappa shape index (κ1) is 11.3. The van der Waals surface area contributed by atoms with E-state index in [0.717, 1.165) is 18.1 Å². The zero-order valence-corrected chi connectivity index (χ0v) is 9.43. The number of hydrogen-bond donors (Lipinski definition) is 1. The maximum Gasteiger partial charge on any atom is 0.143 e. The molecule has 0 radical (unpaired) electrons. The summed E-state index contributed by atoms with van der Waals surface area (Å²) in [6.07, 6.45) is 2.21. The van der Waals surface area contributed by atoms with Crippen molar-refractivity contribution in [2.24, 2.45) is 5.92 Å². The van der Waals surface area contributed by atoms with Crippen molar-refractivity contribution < 1.29 is 4.79 Å².